The summed E-state index contributed by atoms with van der Waals surface area (Å²) in [6.07, 6.45) is 0.309. The SMILES string of the molecule is CC(C)(C#N)CC#N. The second-order valence-corrected chi connectivity index (χ2v) is 2.33. The van der Waals surface area contributed by atoms with E-state index in [9.17, 15) is 0 Å². The summed E-state index contributed by atoms with van der Waals surface area (Å²) in [5, 5.41) is 16.5. The first kappa shape index (κ1) is 6.98. The zero-order valence-electron chi connectivity index (χ0n) is 5.10. The van der Waals surface area contributed by atoms with Gasteiger partial charge in [0.2, 0.25) is 0 Å². The van der Waals surface area contributed by atoms with Crippen molar-refractivity contribution < 1.29 is 0 Å². The van der Waals surface area contributed by atoms with E-state index in [1.54, 1.807) is 13.8 Å². The van der Waals surface area contributed by atoms with Crippen molar-refractivity contribution in [3.8, 4) is 12.1 Å². The van der Waals surface area contributed by atoms with E-state index in [1.807, 2.05) is 12.1 Å². The van der Waals surface area contributed by atoms with Crippen molar-refractivity contribution in [1.82, 2.24) is 0 Å². The number of nitriles is 2. The van der Waals surface area contributed by atoms with Crippen molar-refractivity contribution in [2.45, 2.75) is 20.3 Å². The number of hydrogen-bond acceptors (Lipinski definition) is 2. The van der Waals surface area contributed by atoms with Gasteiger partial charge in [0.05, 0.1) is 24.0 Å². The minimum Gasteiger partial charge on any atom is -0.198 e. The van der Waals surface area contributed by atoms with E-state index < -0.39 is 5.41 Å². The minimum atomic E-state index is -0.464. The molecule has 0 radical (unpaired) electrons. The van der Waals surface area contributed by atoms with Crippen LogP contribution in [0.2, 0.25) is 0 Å². The molecular weight excluding hydrogens is 100 g/mol. The number of hydrogen-bond donors (Lipinski definition) is 0. The van der Waals surface area contributed by atoms with Crippen LogP contribution in [-0.2, 0) is 0 Å². The zero-order chi connectivity index (χ0) is 6.62. The molecular formula is C6H8N2. The first-order chi connectivity index (χ1) is 3.62. The maximum atomic E-state index is 8.32. The summed E-state index contributed by atoms with van der Waals surface area (Å²) < 4.78 is 0. The van der Waals surface area contributed by atoms with Gasteiger partial charge in [-0.25, -0.2) is 0 Å². The van der Waals surface area contributed by atoms with Crippen LogP contribution in [0.25, 0.3) is 0 Å². The summed E-state index contributed by atoms with van der Waals surface area (Å²) in [4.78, 5) is 0. The lowest BCUT2D eigenvalue weighted by Gasteiger charge is -2.06. The second-order valence-electron chi connectivity index (χ2n) is 2.33. The molecule has 0 aromatic heterocycles. The van der Waals surface area contributed by atoms with E-state index in [0.717, 1.165) is 0 Å². The van der Waals surface area contributed by atoms with Crippen molar-refractivity contribution in [3.63, 3.8) is 0 Å². The molecule has 0 rings (SSSR count). The van der Waals surface area contributed by atoms with Crippen molar-refractivity contribution >= 4 is 0 Å². The Balaban J connectivity index is 3.82. The van der Waals surface area contributed by atoms with E-state index in [2.05, 4.69) is 0 Å². The largest absolute Gasteiger partial charge is 0.198 e. The highest BCUT2D eigenvalue weighted by Gasteiger charge is 2.14. The van der Waals surface area contributed by atoms with Gasteiger partial charge in [0.15, 0.2) is 0 Å². The smallest absolute Gasteiger partial charge is 0.0694 e. The van der Waals surface area contributed by atoms with Gasteiger partial charge >= 0.3 is 0 Å². The fourth-order valence-corrected chi connectivity index (χ4v) is 0.237. The highest BCUT2D eigenvalue weighted by atomic mass is 14.3. The Kier molecular flexibility index (Phi) is 2.03. The number of rotatable bonds is 1. The predicted octanol–water partition coefficient (Wildman–Crippen LogP) is 1.45. The van der Waals surface area contributed by atoms with Gasteiger partial charge in [-0.2, -0.15) is 10.5 Å². The molecule has 0 saturated heterocycles. The first-order valence-corrected chi connectivity index (χ1v) is 2.40. The third-order valence-electron chi connectivity index (χ3n) is 0.824. The van der Waals surface area contributed by atoms with Gasteiger partial charge in [0.25, 0.3) is 0 Å². The molecule has 2 heteroatoms. The summed E-state index contributed by atoms with van der Waals surface area (Å²) in [5.74, 6) is 0. The van der Waals surface area contributed by atoms with Gasteiger partial charge in [-0.15, -0.1) is 0 Å². The van der Waals surface area contributed by atoms with Crippen LogP contribution >= 0.6 is 0 Å². The van der Waals surface area contributed by atoms with Gasteiger partial charge in [-0.05, 0) is 13.8 Å². The average molecular weight is 108 g/mol. The lowest BCUT2D eigenvalue weighted by Crippen LogP contribution is -2.04. The first-order valence-electron chi connectivity index (χ1n) is 2.40. The molecule has 0 amide bonds. The predicted molar refractivity (Wildman–Crippen MR) is 29.6 cm³/mol. The molecule has 0 unspecified atom stereocenters. The molecule has 0 aliphatic rings. The van der Waals surface area contributed by atoms with E-state index >= 15 is 0 Å². The Morgan fingerprint density at radius 2 is 1.88 bits per heavy atom. The molecule has 0 spiro atoms. The molecule has 0 aromatic carbocycles. The van der Waals surface area contributed by atoms with E-state index in [0.29, 0.717) is 6.42 Å². The third kappa shape index (κ3) is 2.21. The fourth-order valence-electron chi connectivity index (χ4n) is 0.237. The standard InChI is InChI=1S/C6H8N2/c1-6(2,5-8)3-4-7/h3H2,1-2H3. The van der Waals surface area contributed by atoms with Crippen LogP contribution in [0.5, 0.6) is 0 Å². The molecule has 0 N–H and O–H groups in total. The lowest BCUT2D eigenvalue weighted by atomic mass is 9.93. The number of nitrogens with zero attached hydrogens (tertiary/aromatic N) is 2. The Hall–Kier alpha value is -1.02. The molecule has 0 aliphatic carbocycles. The van der Waals surface area contributed by atoms with Gasteiger partial charge in [-0.3, -0.25) is 0 Å². The van der Waals surface area contributed by atoms with Gasteiger partial charge in [0.1, 0.15) is 0 Å². The normalized spacial score (nSPS) is 9.50. The molecule has 0 heterocycles. The van der Waals surface area contributed by atoms with Crippen LogP contribution in [0.4, 0.5) is 0 Å². The average Bonchev–Trinajstić information content (AvgIpc) is 1.67. The quantitative estimate of drug-likeness (QED) is 0.510. The van der Waals surface area contributed by atoms with Crippen molar-refractivity contribution in [2.24, 2.45) is 5.41 Å². The Bertz CT molecular complexity index is 145. The highest BCUT2D eigenvalue weighted by molar-refractivity contribution is 4.97. The Morgan fingerprint density at radius 1 is 1.38 bits per heavy atom. The van der Waals surface area contributed by atoms with Crippen molar-refractivity contribution in [3.05, 3.63) is 0 Å². The Labute approximate surface area is 49.3 Å². The zero-order valence-corrected chi connectivity index (χ0v) is 5.10. The molecule has 0 aromatic rings. The summed E-state index contributed by atoms with van der Waals surface area (Å²) >= 11 is 0. The monoisotopic (exact) mass is 108 g/mol. The van der Waals surface area contributed by atoms with Gasteiger partial charge < -0.3 is 0 Å². The summed E-state index contributed by atoms with van der Waals surface area (Å²) in [6.45, 7) is 3.49. The molecule has 42 valence electrons. The summed E-state index contributed by atoms with van der Waals surface area (Å²) in [6, 6.07) is 3.96. The van der Waals surface area contributed by atoms with Gasteiger partial charge in [-0.1, -0.05) is 0 Å². The fraction of sp³-hybridized carbons (Fsp3) is 0.667. The van der Waals surface area contributed by atoms with Crippen molar-refractivity contribution in [2.75, 3.05) is 0 Å². The third-order valence-corrected chi connectivity index (χ3v) is 0.824. The van der Waals surface area contributed by atoms with Crippen LogP contribution in [0.3, 0.4) is 0 Å². The van der Waals surface area contributed by atoms with Gasteiger partial charge in [0, 0.05) is 0 Å². The van der Waals surface area contributed by atoms with Crippen LogP contribution in [0.15, 0.2) is 0 Å². The Morgan fingerprint density at radius 3 is 2.00 bits per heavy atom. The van der Waals surface area contributed by atoms with Crippen LogP contribution in [0.1, 0.15) is 20.3 Å². The maximum absolute atomic E-state index is 8.32. The molecule has 2 nitrogen and oxygen atoms in total. The van der Waals surface area contributed by atoms with Crippen LogP contribution in [0, 0.1) is 28.1 Å². The summed E-state index contributed by atoms with van der Waals surface area (Å²) in [5.41, 5.74) is -0.464. The molecule has 0 atom stereocenters. The molecule has 0 bridgehead atoms. The summed E-state index contributed by atoms with van der Waals surface area (Å²) in [7, 11) is 0. The van der Waals surface area contributed by atoms with E-state index in [1.165, 1.54) is 0 Å². The molecule has 0 saturated carbocycles. The molecule has 8 heavy (non-hydrogen) atoms. The van der Waals surface area contributed by atoms with Crippen LogP contribution < -0.4 is 0 Å². The molecule has 0 aliphatic heterocycles. The maximum Gasteiger partial charge on any atom is 0.0694 e. The topological polar surface area (TPSA) is 47.6 Å². The molecule has 0 fully saturated rings. The lowest BCUT2D eigenvalue weighted by molar-refractivity contribution is 0.511. The minimum absolute atomic E-state index is 0.309. The van der Waals surface area contributed by atoms with E-state index in [-0.39, 0.29) is 0 Å². The highest BCUT2D eigenvalue weighted by Crippen LogP contribution is 2.16. The van der Waals surface area contributed by atoms with Crippen LogP contribution in [-0.4, -0.2) is 0 Å². The van der Waals surface area contributed by atoms with E-state index in [4.69, 9.17) is 10.5 Å². The van der Waals surface area contributed by atoms with Crippen molar-refractivity contribution in [1.29, 1.82) is 10.5 Å². The second kappa shape index (κ2) is 2.33.